The van der Waals surface area contributed by atoms with Crippen LogP contribution in [0.15, 0.2) is 12.7 Å². The molecule has 16 heavy (non-hydrogen) atoms. The maximum absolute atomic E-state index is 11.5. The van der Waals surface area contributed by atoms with Gasteiger partial charge in [-0.15, -0.1) is 6.58 Å². The average molecular weight is 228 g/mol. The van der Waals surface area contributed by atoms with E-state index in [1.54, 1.807) is 6.08 Å². The van der Waals surface area contributed by atoms with Gasteiger partial charge in [0.25, 0.3) is 0 Å². The van der Waals surface area contributed by atoms with E-state index in [4.69, 9.17) is 4.74 Å². The Labute approximate surface area is 96.2 Å². The molecule has 1 fully saturated rings. The molecule has 0 radical (unpaired) electrons. The van der Waals surface area contributed by atoms with Crippen molar-refractivity contribution in [3.8, 4) is 0 Å². The lowest BCUT2D eigenvalue weighted by molar-refractivity contribution is -0.178. The fourth-order valence-electron chi connectivity index (χ4n) is 2.24. The summed E-state index contributed by atoms with van der Waals surface area (Å²) in [6.45, 7) is 5.83. The molecule has 0 bridgehead atoms. The van der Waals surface area contributed by atoms with Gasteiger partial charge in [0.05, 0.1) is 13.2 Å². The van der Waals surface area contributed by atoms with E-state index >= 15 is 0 Å². The molecule has 1 N–H and O–H groups in total. The number of esters is 1. The predicted molar refractivity (Wildman–Crippen MR) is 59.9 cm³/mol. The molecule has 0 aliphatic carbocycles. The molecule has 0 spiro atoms. The molecule has 0 aromatic carbocycles. The van der Waals surface area contributed by atoms with Crippen molar-refractivity contribution in [2.24, 2.45) is 5.92 Å². The lowest BCUT2D eigenvalue weighted by Crippen LogP contribution is -2.51. The van der Waals surface area contributed by atoms with E-state index in [1.807, 2.05) is 0 Å². The Morgan fingerprint density at radius 1 is 1.75 bits per heavy atom. The summed E-state index contributed by atoms with van der Waals surface area (Å²) in [6, 6.07) is 0. The largest absolute Gasteiger partial charge is 0.467 e. The van der Waals surface area contributed by atoms with E-state index in [0.29, 0.717) is 13.0 Å². The molecule has 4 nitrogen and oxygen atoms in total. The van der Waals surface area contributed by atoms with Crippen molar-refractivity contribution in [3.05, 3.63) is 12.7 Å². The maximum Gasteiger partial charge on any atom is 0.337 e. The van der Waals surface area contributed by atoms with E-state index in [2.05, 4.69) is 11.3 Å². The van der Waals surface area contributed by atoms with Crippen LogP contribution in [0.5, 0.6) is 0 Å². The van der Waals surface area contributed by atoms with Gasteiger partial charge in [-0.2, -0.15) is 0 Å². The van der Waals surface area contributed by atoms with Crippen LogP contribution < -0.4 is 0 Å². The van der Waals surface area contributed by atoms with Crippen LogP contribution in [0.3, 0.4) is 0 Å². The third-order valence-corrected chi connectivity index (χ3v) is 3.16. The van der Waals surface area contributed by atoms with Gasteiger partial charge < -0.3 is 14.6 Å². The van der Waals surface area contributed by atoms with Gasteiger partial charge in [-0.3, -0.25) is 0 Å². The molecule has 3 unspecified atom stereocenters. The molecule has 3 atom stereocenters. The zero-order valence-electron chi connectivity index (χ0n) is 9.94. The predicted octanol–water partition coefficient (Wildman–Crippen LogP) is 1.28. The molecule has 1 heterocycles. The number of carbonyl (C=O) groups is 1. The van der Waals surface area contributed by atoms with Crippen molar-refractivity contribution in [1.82, 2.24) is 0 Å². The Balaban J connectivity index is 2.80. The Morgan fingerprint density at radius 2 is 2.44 bits per heavy atom. The molecular formula is C12H20O4. The van der Waals surface area contributed by atoms with Gasteiger partial charge in [0.15, 0.2) is 5.60 Å². The van der Waals surface area contributed by atoms with Gasteiger partial charge in [0, 0.05) is 12.5 Å². The third kappa shape index (κ3) is 2.62. The maximum atomic E-state index is 11.5. The molecule has 4 heteroatoms. The van der Waals surface area contributed by atoms with Gasteiger partial charge in [-0.05, 0) is 26.2 Å². The number of rotatable bonds is 4. The lowest BCUT2D eigenvalue weighted by Gasteiger charge is -2.38. The van der Waals surface area contributed by atoms with Gasteiger partial charge in [0.1, 0.15) is 0 Å². The minimum absolute atomic E-state index is 0.152. The zero-order chi connectivity index (χ0) is 12.2. The van der Waals surface area contributed by atoms with Crippen LogP contribution in [0, 0.1) is 5.92 Å². The van der Waals surface area contributed by atoms with Crippen molar-refractivity contribution in [2.75, 3.05) is 13.7 Å². The second-order valence-electron chi connectivity index (χ2n) is 4.32. The second kappa shape index (κ2) is 5.46. The monoisotopic (exact) mass is 228 g/mol. The quantitative estimate of drug-likeness (QED) is 0.581. The molecule has 0 aromatic rings. The van der Waals surface area contributed by atoms with Crippen molar-refractivity contribution in [2.45, 2.75) is 37.9 Å². The lowest BCUT2D eigenvalue weighted by atomic mass is 9.79. The van der Waals surface area contributed by atoms with E-state index in [-0.39, 0.29) is 12.0 Å². The minimum atomic E-state index is -1.48. The Kier molecular flexibility index (Phi) is 4.50. The summed E-state index contributed by atoms with van der Waals surface area (Å²) in [5, 5.41) is 10.2. The number of ether oxygens (including phenoxy) is 2. The number of carbonyl (C=O) groups excluding carboxylic acids is 1. The Morgan fingerprint density at radius 3 is 3.00 bits per heavy atom. The molecular weight excluding hydrogens is 208 g/mol. The highest BCUT2D eigenvalue weighted by Crippen LogP contribution is 2.33. The zero-order valence-corrected chi connectivity index (χ0v) is 9.94. The molecule has 0 amide bonds. The normalized spacial score (nSPS) is 29.2. The van der Waals surface area contributed by atoms with Gasteiger partial charge in [0.2, 0.25) is 0 Å². The molecule has 92 valence electrons. The van der Waals surface area contributed by atoms with Crippen molar-refractivity contribution < 1.29 is 19.4 Å². The minimum Gasteiger partial charge on any atom is -0.467 e. The van der Waals surface area contributed by atoms with Gasteiger partial charge >= 0.3 is 5.97 Å². The van der Waals surface area contributed by atoms with Crippen molar-refractivity contribution in [1.29, 1.82) is 0 Å². The van der Waals surface area contributed by atoms with Crippen LogP contribution in [0.1, 0.15) is 26.2 Å². The molecule has 1 saturated heterocycles. The fraction of sp³-hybridized carbons (Fsp3) is 0.750. The number of hydrogen-bond donors (Lipinski definition) is 1. The summed E-state index contributed by atoms with van der Waals surface area (Å²) in [5.74, 6) is -0.830. The highest BCUT2D eigenvalue weighted by Gasteiger charge is 2.45. The van der Waals surface area contributed by atoms with Crippen LogP contribution in [-0.4, -0.2) is 36.5 Å². The summed E-state index contributed by atoms with van der Waals surface area (Å²) in [6.07, 6.45) is 3.85. The highest BCUT2D eigenvalue weighted by molar-refractivity contribution is 5.79. The average Bonchev–Trinajstić information content (AvgIpc) is 2.29. The van der Waals surface area contributed by atoms with Crippen LogP contribution >= 0.6 is 0 Å². The summed E-state index contributed by atoms with van der Waals surface area (Å²) < 4.78 is 10.2. The van der Waals surface area contributed by atoms with Gasteiger partial charge in [-0.25, -0.2) is 4.79 Å². The first-order chi connectivity index (χ1) is 7.54. The third-order valence-electron chi connectivity index (χ3n) is 3.16. The van der Waals surface area contributed by atoms with E-state index in [0.717, 1.165) is 12.8 Å². The summed E-state index contributed by atoms with van der Waals surface area (Å²) in [7, 11) is 1.28. The molecule has 1 aliphatic rings. The van der Waals surface area contributed by atoms with Crippen LogP contribution in [0.25, 0.3) is 0 Å². The number of hydrogen-bond acceptors (Lipinski definition) is 4. The first kappa shape index (κ1) is 13.2. The highest BCUT2D eigenvalue weighted by atomic mass is 16.5. The Bertz CT molecular complexity index is 260. The first-order valence-corrected chi connectivity index (χ1v) is 5.57. The summed E-state index contributed by atoms with van der Waals surface area (Å²) >= 11 is 0. The van der Waals surface area contributed by atoms with Crippen LogP contribution in [0.2, 0.25) is 0 Å². The standard InChI is InChI=1S/C12H20O4/c1-4-6-10-9(7-5-8-16-10)12(2,14)11(13)15-3/h4,9-10,14H,1,5-8H2,2-3H3. The number of aliphatic hydroxyl groups is 1. The fourth-order valence-corrected chi connectivity index (χ4v) is 2.24. The van der Waals surface area contributed by atoms with Crippen molar-refractivity contribution >= 4 is 5.97 Å². The summed E-state index contributed by atoms with van der Waals surface area (Å²) in [4.78, 5) is 11.5. The van der Waals surface area contributed by atoms with E-state index < -0.39 is 11.6 Å². The van der Waals surface area contributed by atoms with E-state index in [1.165, 1.54) is 14.0 Å². The van der Waals surface area contributed by atoms with E-state index in [9.17, 15) is 9.90 Å². The van der Waals surface area contributed by atoms with Crippen LogP contribution in [-0.2, 0) is 14.3 Å². The smallest absolute Gasteiger partial charge is 0.337 e. The topological polar surface area (TPSA) is 55.8 Å². The van der Waals surface area contributed by atoms with Crippen LogP contribution in [0.4, 0.5) is 0 Å². The first-order valence-electron chi connectivity index (χ1n) is 5.57. The SMILES string of the molecule is C=CCC1OCCCC1C(C)(O)C(=O)OC. The summed E-state index contributed by atoms with van der Waals surface area (Å²) in [5.41, 5.74) is -1.48. The Hall–Kier alpha value is -0.870. The molecule has 1 rings (SSSR count). The second-order valence-corrected chi connectivity index (χ2v) is 4.32. The van der Waals surface area contributed by atoms with Crippen molar-refractivity contribution in [3.63, 3.8) is 0 Å². The number of methoxy groups -OCH3 is 1. The molecule has 1 aliphatic heterocycles. The van der Waals surface area contributed by atoms with Gasteiger partial charge in [-0.1, -0.05) is 6.08 Å². The molecule has 0 aromatic heterocycles. The molecule has 0 saturated carbocycles.